The lowest BCUT2D eigenvalue weighted by Gasteiger charge is -2.24. The number of aliphatic hydroxyl groups is 1. The predicted molar refractivity (Wildman–Crippen MR) is 160 cm³/mol. The molecule has 0 fully saturated rings. The van der Waals surface area contributed by atoms with Crippen LogP contribution in [0.15, 0.2) is 60.8 Å². The Bertz CT molecular complexity index is 1530. The molecule has 0 aliphatic rings. The summed E-state index contributed by atoms with van der Waals surface area (Å²) in [4.78, 5) is 78.2. The zero-order valence-electron chi connectivity index (χ0n) is 24.4. The molecule has 4 amide bonds. The number of aliphatic hydroxyl groups excluding tert-OH is 1. The first-order chi connectivity index (χ1) is 21.4. The maximum atomic E-state index is 13.4. The summed E-state index contributed by atoms with van der Waals surface area (Å²) in [7, 11) is 0. The summed E-state index contributed by atoms with van der Waals surface area (Å²) in [5, 5.41) is 38.5. The summed E-state index contributed by atoms with van der Waals surface area (Å²) >= 11 is 0. The van der Waals surface area contributed by atoms with Crippen LogP contribution >= 0.6 is 0 Å². The van der Waals surface area contributed by atoms with Crippen LogP contribution < -0.4 is 27.0 Å². The summed E-state index contributed by atoms with van der Waals surface area (Å²) in [6.07, 6.45) is 0.649. The van der Waals surface area contributed by atoms with Gasteiger partial charge in [-0.25, -0.2) is 4.79 Å². The number of nitrogens with one attached hydrogen (secondary N) is 5. The van der Waals surface area contributed by atoms with E-state index in [4.69, 9.17) is 5.73 Å². The van der Waals surface area contributed by atoms with Gasteiger partial charge in [0, 0.05) is 29.9 Å². The maximum absolute atomic E-state index is 13.4. The number of fused-ring (bicyclic) bond motifs is 1. The Labute approximate surface area is 257 Å². The molecular formula is C30H36N6O9. The fourth-order valence-electron chi connectivity index (χ4n) is 4.47. The minimum Gasteiger partial charge on any atom is -0.481 e. The van der Waals surface area contributed by atoms with E-state index in [9.17, 15) is 44.1 Å². The smallest absolute Gasteiger partial charge is 0.326 e. The van der Waals surface area contributed by atoms with Crippen molar-refractivity contribution >= 4 is 46.5 Å². The molecule has 240 valence electrons. The van der Waals surface area contributed by atoms with E-state index in [-0.39, 0.29) is 12.8 Å². The summed E-state index contributed by atoms with van der Waals surface area (Å²) in [5.74, 6) is -6.41. The largest absolute Gasteiger partial charge is 0.481 e. The van der Waals surface area contributed by atoms with Gasteiger partial charge in [-0.15, -0.1) is 0 Å². The average Bonchev–Trinajstić information content (AvgIpc) is 3.42. The van der Waals surface area contributed by atoms with Crippen molar-refractivity contribution in [1.82, 2.24) is 26.3 Å². The molecule has 0 bridgehead atoms. The van der Waals surface area contributed by atoms with E-state index in [1.54, 1.807) is 60.8 Å². The number of H-pyrrole nitrogens is 1. The molecule has 15 heteroatoms. The molecule has 0 spiro atoms. The summed E-state index contributed by atoms with van der Waals surface area (Å²) in [6.45, 7) is 0.565. The van der Waals surface area contributed by atoms with Crippen molar-refractivity contribution in [2.45, 2.75) is 56.4 Å². The molecule has 0 saturated carbocycles. The van der Waals surface area contributed by atoms with Crippen LogP contribution in [-0.2, 0) is 41.6 Å². The second-order valence-electron chi connectivity index (χ2n) is 10.4. The van der Waals surface area contributed by atoms with Crippen LogP contribution in [0, 0.1) is 0 Å². The van der Waals surface area contributed by atoms with Gasteiger partial charge >= 0.3 is 11.9 Å². The monoisotopic (exact) mass is 624 g/mol. The highest BCUT2D eigenvalue weighted by Crippen LogP contribution is 2.19. The Balaban J connectivity index is 1.73. The number of aromatic amines is 1. The van der Waals surface area contributed by atoms with Crippen LogP contribution in [0.4, 0.5) is 0 Å². The van der Waals surface area contributed by atoms with E-state index in [1.165, 1.54) is 6.92 Å². The first-order valence-corrected chi connectivity index (χ1v) is 14.0. The van der Waals surface area contributed by atoms with E-state index in [0.717, 1.165) is 10.9 Å². The van der Waals surface area contributed by atoms with E-state index in [1.807, 2.05) is 0 Å². The fourth-order valence-corrected chi connectivity index (χ4v) is 4.47. The third-order valence-electron chi connectivity index (χ3n) is 6.93. The van der Waals surface area contributed by atoms with Crippen LogP contribution in [0.1, 0.15) is 24.5 Å². The van der Waals surface area contributed by atoms with Gasteiger partial charge in [-0.3, -0.25) is 24.0 Å². The number of benzene rings is 2. The third-order valence-corrected chi connectivity index (χ3v) is 6.93. The number of aromatic nitrogens is 1. The minimum atomic E-state index is -1.68. The SMILES string of the molecule is C[C@H](NC(=O)[C@H](CC(=O)O)NC(=O)[C@H](Cc1c[nH]c2ccccc12)NC(=O)[C@@H](N)CO)C(=O)N[C@@H](Cc1ccccc1)C(=O)O. The van der Waals surface area contributed by atoms with E-state index in [2.05, 4.69) is 26.3 Å². The van der Waals surface area contributed by atoms with Gasteiger partial charge < -0.3 is 47.3 Å². The lowest BCUT2D eigenvalue weighted by Crippen LogP contribution is -2.59. The highest BCUT2D eigenvalue weighted by molar-refractivity contribution is 5.97. The number of carbonyl (C=O) groups is 6. The lowest BCUT2D eigenvalue weighted by molar-refractivity contribution is -0.143. The molecule has 0 aliphatic carbocycles. The molecule has 3 aromatic rings. The molecule has 0 unspecified atom stereocenters. The van der Waals surface area contributed by atoms with Crippen LogP contribution in [0.5, 0.6) is 0 Å². The normalized spacial score (nSPS) is 14.3. The number of hydrogen-bond acceptors (Lipinski definition) is 8. The van der Waals surface area contributed by atoms with Crippen LogP contribution in [0.3, 0.4) is 0 Å². The van der Waals surface area contributed by atoms with Gasteiger partial charge in [0.1, 0.15) is 30.2 Å². The number of aliphatic carboxylic acids is 2. The van der Waals surface area contributed by atoms with Gasteiger partial charge in [-0.1, -0.05) is 48.5 Å². The van der Waals surface area contributed by atoms with Crippen molar-refractivity contribution in [3.8, 4) is 0 Å². The maximum Gasteiger partial charge on any atom is 0.326 e. The molecule has 0 aliphatic heterocycles. The molecule has 2 aromatic carbocycles. The van der Waals surface area contributed by atoms with Crippen molar-refractivity contribution in [2.75, 3.05) is 6.61 Å². The number of nitrogens with two attached hydrogens (primary N) is 1. The number of hydrogen-bond donors (Lipinski definition) is 9. The second kappa shape index (κ2) is 16.0. The fraction of sp³-hybridized carbons (Fsp3) is 0.333. The van der Waals surface area contributed by atoms with Crippen molar-refractivity contribution < 1.29 is 44.1 Å². The quantitative estimate of drug-likeness (QED) is 0.0919. The van der Waals surface area contributed by atoms with Gasteiger partial charge in [-0.05, 0) is 24.1 Å². The van der Waals surface area contributed by atoms with Crippen molar-refractivity contribution in [1.29, 1.82) is 0 Å². The zero-order chi connectivity index (χ0) is 33.1. The molecule has 45 heavy (non-hydrogen) atoms. The van der Waals surface area contributed by atoms with Crippen LogP contribution in [-0.4, -0.2) is 92.7 Å². The molecule has 10 N–H and O–H groups in total. The van der Waals surface area contributed by atoms with E-state index >= 15 is 0 Å². The first kappa shape index (κ1) is 34.2. The van der Waals surface area contributed by atoms with Crippen LogP contribution in [0.25, 0.3) is 10.9 Å². The Morgan fingerprint density at radius 3 is 2.00 bits per heavy atom. The number of carboxylic acid groups (broad SMARTS) is 2. The highest BCUT2D eigenvalue weighted by atomic mass is 16.4. The van der Waals surface area contributed by atoms with Gasteiger partial charge in [0.25, 0.3) is 0 Å². The molecule has 5 atom stereocenters. The van der Waals surface area contributed by atoms with Crippen molar-refractivity contribution in [3.05, 3.63) is 71.9 Å². The van der Waals surface area contributed by atoms with Gasteiger partial charge in [0.15, 0.2) is 0 Å². The molecule has 1 aromatic heterocycles. The number of rotatable bonds is 16. The first-order valence-electron chi connectivity index (χ1n) is 14.0. The van der Waals surface area contributed by atoms with Crippen molar-refractivity contribution in [2.24, 2.45) is 5.73 Å². The Morgan fingerprint density at radius 1 is 0.756 bits per heavy atom. The topological polar surface area (TPSA) is 253 Å². The Morgan fingerprint density at radius 2 is 1.36 bits per heavy atom. The van der Waals surface area contributed by atoms with Gasteiger partial charge in [0.05, 0.1) is 13.0 Å². The molecule has 1 heterocycles. The Kier molecular flexibility index (Phi) is 12.1. The third kappa shape index (κ3) is 9.87. The second-order valence-corrected chi connectivity index (χ2v) is 10.4. The minimum absolute atomic E-state index is 0.0241. The lowest BCUT2D eigenvalue weighted by atomic mass is 10.0. The van der Waals surface area contributed by atoms with Gasteiger partial charge in [0.2, 0.25) is 23.6 Å². The van der Waals surface area contributed by atoms with Crippen LogP contribution in [0.2, 0.25) is 0 Å². The van der Waals surface area contributed by atoms with Crippen molar-refractivity contribution in [3.63, 3.8) is 0 Å². The number of carbonyl (C=O) groups excluding carboxylic acids is 4. The average molecular weight is 625 g/mol. The number of carboxylic acids is 2. The summed E-state index contributed by atoms with van der Waals surface area (Å²) in [5.41, 5.74) is 7.64. The van der Waals surface area contributed by atoms with E-state index < -0.39 is 78.8 Å². The Hall–Kier alpha value is -5.28. The summed E-state index contributed by atoms with van der Waals surface area (Å²) < 4.78 is 0. The van der Waals surface area contributed by atoms with Gasteiger partial charge in [-0.2, -0.15) is 0 Å². The molecule has 0 radical (unpaired) electrons. The highest BCUT2D eigenvalue weighted by Gasteiger charge is 2.32. The zero-order valence-corrected chi connectivity index (χ0v) is 24.4. The molecule has 0 saturated heterocycles. The number of amides is 4. The predicted octanol–water partition coefficient (Wildman–Crippen LogP) is -1.21. The molecule has 3 rings (SSSR count). The standard InChI is InChI=1S/C30H36N6O9/c1-16(26(40)36-24(30(44)45)11-17-7-3-2-4-8-17)33-28(42)23(13-25(38)39)35-29(43)22(34-27(41)20(31)15-37)12-18-14-32-21-10-6-5-9-19(18)21/h2-10,14,16,20,22-24,32,37H,11-13,15,31H2,1H3,(H,33,42)(H,34,41)(H,35,43)(H,36,40)(H,38,39)(H,44,45)/t16-,20-,22-,23-,24-/m0/s1. The molecule has 15 nitrogen and oxygen atoms in total. The summed E-state index contributed by atoms with van der Waals surface area (Å²) in [6, 6.07) is 8.75. The van der Waals surface area contributed by atoms with E-state index in [0.29, 0.717) is 11.1 Å². The molecular weight excluding hydrogens is 588 g/mol. The number of para-hydroxylation sites is 1.